The highest BCUT2D eigenvalue weighted by molar-refractivity contribution is 5.89. The number of carbonyl (C=O) groups excluding carboxylic acids is 1. The van der Waals surface area contributed by atoms with Crippen LogP contribution in [0.3, 0.4) is 0 Å². The largest absolute Gasteiger partial charge is 0.399 e. The number of hydrogen-bond acceptors (Lipinski definition) is 4. The Balaban J connectivity index is 1.86. The zero-order valence-corrected chi connectivity index (χ0v) is 9.63. The number of urea groups is 1. The fourth-order valence-corrected chi connectivity index (χ4v) is 1.39. The van der Waals surface area contributed by atoms with Gasteiger partial charge in [-0.3, -0.25) is 0 Å². The molecule has 4 N–H and O–H groups in total. The average Bonchev–Trinajstić information content (AvgIpc) is 2.38. The minimum Gasteiger partial charge on any atom is -0.399 e. The number of nitrogens with zero attached hydrogens (tertiary/aromatic N) is 2. The van der Waals surface area contributed by atoms with Crippen LogP contribution in [0.1, 0.15) is 5.69 Å². The van der Waals surface area contributed by atoms with E-state index in [1.807, 2.05) is 0 Å². The molecular formula is C12H13N5O. The molecule has 0 unspecified atom stereocenters. The number of nitrogens with one attached hydrogen (secondary N) is 2. The zero-order valence-electron chi connectivity index (χ0n) is 9.63. The van der Waals surface area contributed by atoms with Gasteiger partial charge in [-0.15, -0.1) is 0 Å². The molecule has 2 amide bonds. The van der Waals surface area contributed by atoms with Gasteiger partial charge < -0.3 is 16.4 Å². The first-order valence-corrected chi connectivity index (χ1v) is 5.41. The molecule has 0 aliphatic carbocycles. The molecule has 0 fully saturated rings. The number of anilines is 2. The van der Waals surface area contributed by atoms with Gasteiger partial charge in [0.05, 0.1) is 12.2 Å². The number of carbonyl (C=O) groups is 1. The van der Waals surface area contributed by atoms with Crippen LogP contribution in [0, 0.1) is 0 Å². The van der Waals surface area contributed by atoms with E-state index in [4.69, 9.17) is 5.73 Å². The van der Waals surface area contributed by atoms with Crippen molar-refractivity contribution in [2.75, 3.05) is 11.1 Å². The highest BCUT2D eigenvalue weighted by Crippen LogP contribution is 2.11. The van der Waals surface area contributed by atoms with Crippen LogP contribution < -0.4 is 16.4 Å². The van der Waals surface area contributed by atoms with Gasteiger partial charge >= 0.3 is 6.03 Å². The minimum atomic E-state index is -0.314. The molecule has 1 heterocycles. The highest BCUT2D eigenvalue weighted by atomic mass is 16.2. The number of nitrogens with two attached hydrogens (primary N) is 1. The number of aromatic nitrogens is 2. The van der Waals surface area contributed by atoms with Crippen molar-refractivity contribution in [3.05, 3.63) is 48.3 Å². The summed E-state index contributed by atoms with van der Waals surface area (Å²) in [5, 5.41) is 12.9. The van der Waals surface area contributed by atoms with Crippen LogP contribution in [0.4, 0.5) is 16.2 Å². The van der Waals surface area contributed by atoms with E-state index in [-0.39, 0.29) is 6.03 Å². The summed E-state index contributed by atoms with van der Waals surface area (Å²) in [5.41, 5.74) is 7.55. The van der Waals surface area contributed by atoms with Gasteiger partial charge in [0.15, 0.2) is 0 Å². The maximum absolute atomic E-state index is 11.6. The summed E-state index contributed by atoms with van der Waals surface area (Å²) in [6.45, 7) is 0.321. The van der Waals surface area contributed by atoms with Crippen LogP contribution in [0.15, 0.2) is 42.6 Å². The maximum atomic E-state index is 11.6. The molecule has 0 spiro atoms. The SMILES string of the molecule is Nc1cccc(NC(=O)NCc2cccnn2)c1. The predicted octanol–water partition coefficient (Wildman–Crippen LogP) is 1.38. The Morgan fingerprint density at radius 2 is 2.17 bits per heavy atom. The molecule has 0 aliphatic rings. The Morgan fingerprint density at radius 1 is 1.28 bits per heavy atom. The van der Waals surface area contributed by atoms with E-state index >= 15 is 0 Å². The Kier molecular flexibility index (Phi) is 3.70. The van der Waals surface area contributed by atoms with Crippen molar-refractivity contribution in [1.82, 2.24) is 15.5 Å². The molecule has 92 valence electrons. The lowest BCUT2D eigenvalue weighted by Gasteiger charge is -2.07. The molecule has 0 radical (unpaired) electrons. The van der Waals surface area contributed by atoms with E-state index in [0.29, 0.717) is 23.6 Å². The van der Waals surface area contributed by atoms with Crippen molar-refractivity contribution >= 4 is 17.4 Å². The van der Waals surface area contributed by atoms with Gasteiger partial charge in [-0.1, -0.05) is 6.07 Å². The zero-order chi connectivity index (χ0) is 12.8. The van der Waals surface area contributed by atoms with Crippen LogP contribution in [0.25, 0.3) is 0 Å². The molecule has 1 aromatic heterocycles. The molecule has 18 heavy (non-hydrogen) atoms. The highest BCUT2D eigenvalue weighted by Gasteiger charge is 2.02. The van der Waals surface area contributed by atoms with Crippen LogP contribution in [0.2, 0.25) is 0 Å². The van der Waals surface area contributed by atoms with Gasteiger partial charge in [0.1, 0.15) is 0 Å². The first-order chi connectivity index (χ1) is 8.74. The number of rotatable bonds is 3. The van der Waals surface area contributed by atoms with Crippen LogP contribution in [-0.4, -0.2) is 16.2 Å². The van der Waals surface area contributed by atoms with Gasteiger partial charge in [0.25, 0.3) is 0 Å². The van der Waals surface area contributed by atoms with E-state index in [1.54, 1.807) is 42.6 Å². The molecule has 6 heteroatoms. The second kappa shape index (κ2) is 5.62. The van der Waals surface area contributed by atoms with E-state index in [0.717, 1.165) is 0 Å². The summed E-state index contributed by atoms with van der Waals surface area (Å²) in [5.74, 6) is 0. The van der Waals surface area contributed by atoms with Crippen molar-refractivity contribution in [3.8, 4) is 0 Å². The topological polar surface area (TPSA) is 92.9 Å². The van der Waals surface area contributed by atoms with Crippen molar-refractivity contribution in [3.63, 3.8) is 0 Å². The molecule has 0 saturated carbocycles. The quantitative estimate of drug-likeness (QED) is 0.710. The van der Waals surface area contributed by atoms with Gasteiger partial charge in [0.2, 0.25) is 0 Å². The van der Waals surface area contributed by atoms with Crippen molar-refractivity contribution in [1.29, 1.82) is 0 Å². The molecule has 0 atom stereocenters. The smallest absolute Gasteiger partial charge is 0.319 e. The van der Waals surface area contributed by atoms with Gasteiger partial charge in [-0.05, 0) is 30.3 Å². The lowest BCUT2D eigenvalue weighted by Crippen LogP contribution is -2.28. The Labute approximate surface area is 104 Å². The van der Waals surface area contributed by atoms with E-state index < -0.39 is 0 Å². The monoisotopic (exact) mass is 243 g/mol. The van der Waals surface area contributed by atoms with Crippen molar-refractivity contribution < 1.29 is 4.79 Å². The molecule has 2 aromatic rings. The van der Waals surface area contributed by atoms with Gasteiger partial charge in [0, 0.05) is 17.6 Å². The normalized spacial score (nSPS) is 9.78. The Hall–Kier alpha value is -2.63. The molecule has 2 rings (SSSR count). The first-order valence-electron chi connectivity index (χ1n) is 5.41. The Bertz CT molecular complexity index is 529. The predicted molar refractivity (Wildman–Crippen MR) is 68.7 cm³/mol. The van der Waals surface area contributed by atoms with Crippen molar-refractivity contribution in [2.24, 2.45) is 0 Å². The summed E-state index contributed by atoms with van der Waals surface area (Å²) in [6, 6.07) is 10.2. The van der Waals surface area contributed by atoms with Gasteiger partial charge in [-0.2, -0.15) is 10.2 Å². The second-order valence-corrected chi connectivity index (χ2v) is 3.65. The average molecular weight is 243 g/mol. The third-order valence-electron chi connectivity index (χ3n) is 2.20. The Morgan fingerprint density at radius 3 is 2.89 bits per heavy atom. The molecule has 0 saturated heterocycles. The standard InChI is InChI=1S/C12H13N5O/c13-9-3-1-4-10(7-9)16-12(18)14-8-11-5-2-6-15-17-11/h1-7H,8,13H2,(H2,14,16,18). The summed E-state index contributed by atoms with van der Waals surface area (Å²) in [7, 11) is 0. The molecule has 6 nitrogen and oxygen atoms in total. The second-order valence-electron chi connectivity index (χ2n) is 3.65. The van der Waals surface area contributed by atoms with Crippen molar-refractivity contribution in [2.45, 2.75) is 6.54 Å². The molecule has 1 aromatic carbocycles. The van der Waals surface area contributed by atoms with E-state index in [1.165, 1.54) is 0 Å². The minimum absolute atomic E-state index is 0.314. The van der Waals surface area contributed by atoms with Crippen LogP contribution in [-0.2, 0) is 6.54 Å². The number of hydrogen-bond donors (Lipinski definition) is 3. The summed E-state index contributed by atoms with van der Waals surface area (Å²) in [6.07, 6.45) is 1.58. The van der Waals surface area contributed by atoms with E-state index in [2.05, 4.69) is 20.8 Å². The number of nitrogen functional groups attached to an aromatic ring is 1. The lowest BCUT2D eigenvalue weighted by atomic mass is 10.3. The fourth-order valence-electron chi connectivity index (χ4n) is 1.39. The summed E-state index contributed by atoms with van der Waals surface area (Å²) < 4.78 is 0. The number of benzene rings is 1. The first kappa shape index (κ1) is 11.8. The molecule has 0 aliphatic heterocycles. The maximum Gasteiger partial charge on any atom is 0.319 e. The lowest BCUT2D eigenvalue weighted by molar-refractivity contribution is 0.251. The van der Waals surface area contributed by atoms with Crippen LogP contribution in [0.5, 0.6) is 0 Å². The molecule has 0 bridgehead atoms. The number of amides is 2. The van der Waals surface area contributed by atoms with E-state index in [9.17, 15) is 4.79 Å². The third kappa shape index (κ3) is 3.44. The molecular weight excluding hydrogens is 230 g/mol. The van der Waals surface area contributed by atoms with Gasteiger partial charge in [-0.25, -0.2) is 4.79 Å². The third-order valence-corrected chi connectivity index (χ3v) is 2.20. The summed E-state index contributed by atoms with van der Waals surface area (Å²) >= 11 is 0. The van der Waals surface area contributed by atoms with Crippen LogP contribution >= 0.6 is 0 Å². The fraction of sp³-hybridized carbons (Fsp3) is 0.0833. The summed E-state index contributed by atoms with van der Waals surface area (Å²) in [4.78, 5) is 11.6.